The number of rotatable bonds is 4. The van der Waals surface area contributed by atoms with Crippen LogP contribution in [0.2, 0.25) is 0 Å². The number of amides is 2. The van der Waals surface area contributed by atoms with Crippen LogP contribution >= 0.6 is 0 Å². The Labute approximate surface area is 162 Å². The summed E-state index contributed by atoms with van der Waals surface area (Å²) in [6.45, 7) is 3.18. The molecular formula is C23H30N2O2. The highest BCUT2D eigenvalue weighted by Crippen LogP contribution is 2.41. The van der Waals surface area contributed by atoms with E-state index in [-0.39, 0.29) is 17.2 Å². The second-order valence-corrected chi connectivity index (χ2v) is 8.57. The first-order chi connectivity index (χ1) is 13.2. The number of piperidine rings is 1. The normalized spacial score (nSPS) is 23.0. The second-order valence-electron chi connectivity index (χ2n) is 8.57. The van der Waals surface area contributed by atoms with Gasteiger partial charge in [0.15, 0.2) is 0 Å². The topological polar surface area (TPSA) is 40.6 Å². The molecule has 2 amide bonds. The van der Waals surface area contributed by atoms with Gasteiger partial charge >= 0.3 is 0 Å². The van der Waals surface area contributed by atoms with Crippen LogP contribution in [0.1, 0.15) is 50.5 Å². The van der Waals surface area contributed by atoms with Crippen molar-refractivity contribution in [3.63, 3.8) is 0 Å². The lowest BCUT2D eigenvalue weighted by Crippen LogP contribution is -2.46. The van der Waals surface area contributed by atoms with Crippen LogP contribution in [0.15, 0.2) is 36.4 Å². The van der Waals surface area contributed by atoms with Crippen LogP contribution in [0.5, 0.6) is 0 Å². The standard InChI is InChI=1S/C23H30N2O2/c26-21-17-23(18-25(21)14-6-9-19-7-2-1-3-8-19)12-15-24(16-13-23)22(27)20-10-4-5-11-20/h1-3,6-9,20H,4-5,10-18H2/b9-6+. The summed E-state index contributed by atoms with van der Waals surface area (Å²) >= 11 is 0. The Morgan fingerprint density at radius 3 is 2.52 bits per heavy atom. The van der Waals surface area contributed by atoms with Crippen LogP contribution in [-0.4, -0.2) is 47.8 Å². The van der Waals surface area contributed by atoms with Crippen LogP contribution in [0.25, 0.3) is 6.08 Å². The summed E-state index contributed by atoms with van der Waals surface area (Å²) in [5.41, 5.74) is 1.25. The van der Waals surface area contributed by atoms with E-state index in [1.165, 1.54) is 12.8 Å². The summed E-state index contributed by atoms with van der Waals surface area (Å²) in [6, 6.07) is 10.2. The number of hydrogen-bond acceptors (Lipinski definition) is 2. The maximum Gasteiger partial charge on any atom is 0.225 e. The Hall–Kier alpha value is -2.10. The minimum absolute atomic E-state index is 0.0874. The molecule has 1 aromatic rings. The Morgan fingerprint density at radius 2 is 1.81 bits per heavy atom. The van der Waals surface area contributed by atoms with Crippen LogP contribution in [0.3, 0.4) is 0 Å². The van der Waals surface area contributed by atoms with Gasteiger partial charge < -0.3 is 9.80 Å². The van der Waals surface area contributed by atoms with Crippen molar-refractivity contribution in [3.8, 4) is 0 Å². The third-order valence-corrected chi connectivity index (χ3v) is 6.68. The molecule has 27 heavy (non-hydrogen) atoms. The van der Waals surface area contributed by atoms with E-state index in [9.17, 15) is 9.59 Å². The molecule has 0 aromatic heterocycles. The Bertz CT molecular complexity index is 698. The minimum atomic E-state index is 0.0874. The molecule has 3 aliphatic rings. The first kappa shape index (κ1) is 18.3. The molecule has 4 nitrogen and oxygen atoms in total. The van der Waals surface area contributed by atoms with E-state index in [1.807, 2.05) is 23.1 Å². The molecular weight excluding hydrogens is 336 g/mol. The SMILES string of the molecule is O=C1CC2(CCN(C(=O)C3CCCC3)CC2)CN1C/C=C/c1ccccc1. The van der Waals surface area contributed by atoms with Crippen LogP contribution in [0, 0.1) is 11.3 Å². The number of carbonyl (C=O) groups is 2. The van der Waals surface area contributed by atoms with Gasteiger partial charge in [-0.15, -0.1) is 0 Å². The van der Waals surface area contributed by atoms with Gasteiger partial charge in [0.2, 0.25) is 11.8 Å². The van der Waals surface area contributed by atoms with E-state index in [4.69, 9.17) is 0 Å². The Morgan fingerprint density at radius 1 is 1.11 bits per heavy atom. The number of hydrogen-bond donors (Lipinski definition) is 0. The van der Waals surface area contributed by atoms with Crippen LogP contribution in [0.4, 0.5) is 0 Å². The van der Waals surface area contributed by atoms with Crippen molar-refractivity contribution in [2.75, 3.05) is 26.2 Å². The zero-order valence-corrected chi connectivity index (χ0v) is 16.1. The highest BCUT2D eigenvalue weighted by Gasteiger charge is 2.45. The van der Waals surface area contributed by atoms with Crippen LogP contribution < -0.4 is 0 Å². The van der Waals surface area contributed by atoms with Crippen LogP contribution in [-0.2, 0) is 9.59 Å². The summed E-state index contributed by atoms with van der Waals surface area (Å²) < 4.78 is 0. The molecule has 1 aromatic carbocycles. The average Bonchev–Trinajstić information content (AvgIpc) is 3.32. The lowest BCUT2D eigenvalue weighted by atomic mass is 9.77. The van der Waals surface area contributed by atoms with Crippen molar-refractivity contribution in [3.05, 3.63) is 42.0 Å². The molecule has 2 saturated heterocycles. The quantitative estimate of drug-likeness (QED) is 0.815. The fourth-order valence-electron chi connectivity index (χ4n) is 5.00. The molecule has 0 bridgehead atoms. The summed E-state index contributed by atoms with van der Waals surface area (Å²) in [5, 5.41) is 0. The molecule has 0 unspecified atom stereocenters. The van der Waals surface area contributed by atoms with E-state index in [0.717, 1.165) is 50.9 Å². The van der Waals surface area contributed by atoms with Crippen molar-refractivity contribution in [1.82, 2.24) is 9.80 Å². The molecule has 1 aliphatic carbocycles. The van der Waals surface area contributed by atoms with E-state index in [0.29, 0.717) is 18.9 Å². The van der Waals surface area contributed by atoms with Crippen molar-refractivity contribution >= 4 is 17.9 Å². The summed E-state index contributed by atoms with van der Waals surface area (Å²) in [4.78, 5) is 29.2. The maximum atomic E-state index is 12.6. The monoisotopic (exact) mass is 366 g/mol. The lowest BCUT2D eigenvalue weighted by molar-refractivity contribution is -0.137. The molecule has 0 radical (unpaired) electrons. The lowest BCUT2D eigenvalue weighted by Gasteiger charge is -2.39. The molecule has 2 heterocycles. The van der Waals surface area contributed by atoms with E-state index >= 15 is 0 Å². The molecule has 0 atom stereocenters. The van der Waals surface area contributed by atoms with Gasteiger partial charge in [0.25, 0.3) is 0 Å². The first-order valence-corrected chi connectivity index (χ1v) is 10.4. The molecule has 4 rings (SSSR count). The summed E-state index contributed by atoms with van der Waals surface area (Å²) in [5.74, 6) is 0.904. The highest BCUT2D eigenvalue weighted by atomic mass is 16.2. The smallest absolute Gasteiger partial charge is 0.225 e. The van der Waals surface area contributed by atoms with Gasteiger partial charge in [-0.1, -0.05) is 55.3 Å². The minimum Gasteiger partial charge on any atom is -0.342 e. The average molecular weight is 367 g/mol. The third kappa shape index (κ3) is 4.10. The van der Waals surface area contributed by atoms with E-state index < -0.39 is 0 Å². The molecule has 2 aliphatic heterocycles. The molecule has 0 N–H and O–H groups in total. The largest absolute Gasteiger partial charge is 0.342 e. The van der Waals surface area contributed by atoms with Crippen molar-refractivity contribution in [2.45, 2.75) is 44.9 Å². The Balaban J connectivity index is 1.30. The van der Waals surface area contributed by atoms with Gasteiger partial charge in [0.05, 0.1) is 0 Å². The fraction of sp³-hybridized carbons (Fsp3) is 0.565. The number of nitrogens with zero attached hydrogens (tertiary/aromatic N) is 2. The highest BCUT2D eigenvalue weighted by molar-refractivity contribution is 5.81. The molecule has 4 heteroatoms. The van der Waals surface area contributed by atoms with Gasteiger partial charge in [-0.3, -0.25) is 9.59 Å². The maximum absolute atomic E-state index is 12.6. The predicted molar refractivity (Wildman–Crippen MR) is 107 cm³/mol. The second kappa shape index (κ2) is 7.87. The van der Waals surface area contributed by atoms with Gasteiger partial charge in [-0.25, -0.2) is 0 Å². The third-order valence-electron chi connectivity index (χ3n) is 6.68. The van der Waals surface area contributed by atoms with Crippen molar-refractivity contribution in [2.24, 2.45) is 11.3 Å². The summed E-state index contributed by atoms with van der Waals surface area (Å²) in [7, 11) is 0. The predicted octanol–water partition coefficient (Wildman–Crippen LogP) is 3.73. The van der Waals surface area contributed by atoms with Gasteiger partial charge in [-0.2, -0.15) is 0 Å². The van der Waals surface area contributed by atoms with Crippen molar-refractivity contribution in [1.29, 1.82) is 0 Å². The van der Waals surface area contributed by atoms with Gasteiger partial charge in [-0.05, 0) is 31.2 Å². The number of benzene rings is 1. The van der Waals surface area contributed by atoms with Gasteiger partial charge in [0, 0.05) is 43.9 Å². The first-order valence-electron chi connectivity index (χ1n) is 10.4. The van der Waals surface area contributed by atoms with Crippen molar-refractivity contribution < 1.29 is 9.59 Å². The summed E-state index contributed by atoms with van der Waals surface area (Å²) in [6.07, 6.45) is 11.3. The molecule has 3 fully saturated rings. The zero-order chi connectivity index (χ0) is 18.7. The fourth-order valence-corrected chi connectivity index (χ4v) is 5.00. The van der Waals surface area contributed by atoms with E-state index in [2.05, 4.69) is 29.2 Å². The van der Waals surface area contributed by atoms with E-state index in [1.54, 1.807) is 0 Å². The molecule has 1 spiro atoms. The molecule has 144 valence electrons. The number of carbonyl (C=O) groups excluding carboxylic acids is 2. The Kier molecular flexibility index (Phi) is 5.33. The number of likely N-dealkylation sites (tertiary alicyclic amines) is 2. The molecule has 1 saturated carbocycles. The van der Waals surface area contributed by atoms with Gasteiger partial charge in [0.1, 0.15) is 0 Å². The zero-order valence-electron chi connectivity index (χ0n) is 16.1.